The van der Waals surface area contributed by atoms with Gasteiger partial charge >= 0.3 is 24.6 Å². The minimum Gasteiger partial charge on any atom is -0.664 e. The van der Waals surface area contributed by atoms with E-state index >= 15 is 0 Å². The first-order valence-electron chi connectivity index (χ1n) is 31.7. The third-order valence-electron chi connectivity index (χ3n) is 20.7. The maximum atomic E-state index is 14.4. The summed E-state index contributed by atoms with van der Waals surface area (Å²) in [7, 11) is -3.78. The first kappa shape index (κ1) is 77.8. The van der Waals surface area contributed by atoms with E-state index in [-0.39, 0.29) is 94.0 Å². The summed E-state index contributed by atoms with van der Waals surface area (Å²) < 4.78 is 36.3. The van der Waals surface area contributed by atoms with Crippen molar-refractivity contribution in [2.24, 2.45) is 94.7 Å². The van der Waals surface area contributed by atoms with Crippen LogP contribution in [0.25, 0.3) is 16.4 Å². The number of aliphatic hydroxyl groups excluding tert-OH is 2. The zero-order chi connectivity index (χ0) is 71.0. The standard InChI is InChI=1S/C62H90N13O14P.C3H5O2.Co/c1-29-20-39-40(21-30(29)2)75(28-70-39)57-52(84)53(41(27-76)87-57)89-90(85,86)88-31(3)26-69-49(83)18-19-59(8)37(22-46(66)80)56-62(11)61(10,25-48(68)82)36(14-17-45(65)79)51(74-62)33(5)55-60(9,24-47(67)81)34(12-15-43(63)77)38(71-55)23-42-58(6,7)35(13-16-44(64)78)50(72-42)32(4)54(59)73-56;1-3(4)5-2;/h20-21,23,28,31,34-37,41,52-53,56-57,76,84H,12-19,22,24-27H2,1-11H3,(H15,63,64,65,66,67,68,69,71,72,73,74,77,78,79,80,81,82,83,85,86);1H2,2H3;/q;-1;+2/p-1. The molecular weight excluding hydrogens is 1310 g/mol. The van der Waals surface area contributed by atoms with Crippen LogP contribution in [0.1, 0.15) is 150 Å². The number of allylic oxidation sites excluding steroid dienone is 6. The van der Waals surface area contributed by atoms with Crippen molar-refractivity contribution in [3.63, 3.8) is 0 Å². The fourth-order valence-corrected chi connectivity index (χ4v) is 16.5. The van der Waals surface area contributed by atoms with Crippen molar-refractivity contribution in [3.8, 4) is 0 Å². The Bertz CT molecular complexity index is 3680. The predicted molar refractivity (Wildman–Crippen MR) is 351 cm³/mol. The topological polar surface area (TPSA) is 488 Å². The van der Waals surface area contributed by atoms with E-state index in [0.717, 1.165) is 11.1 Å². The van der Waals surface area contributed by atoms with Gasteiger partial charge in [0.2, 0.25) is 41.4 Å². The molecular formula is C65H94CoN13O16P. The number of nitrogens with two attached hydrogens (primary N) is 6. The van der Waals surface area contributed by atoms with Crippen molar-refractivity contribution in [3.05, 3.63) is 76.1 Å². The van der Waals surface area contributed by atoms with Gasteiger partial charge in [0.15, 0.2) is 12.2 Å². The van der Waals surface area contributed by atoms with Crippen molar-refractivity contribution in [1.82, 2.24) is 14.9 Å². The van der Waals surface area contributed by atoms with Crippen molar-refractivity contribution < 1.29 is 93.3 Å². The van der Waals surface area contributed by atoms with Crippen LogP contribution in [0, 0.1) is 66.1 Å². The average molecular weight is 1400 g/mol. The van der Waals surface area contributed by atoms with Crippen molar-refractivity contribution in [2.45, 2.75) is 189 Å². The van der Waals surface area contributed by atoms with Crippen LogP contribution in [0.5, 0.6) is 0 Å². The van der Waals surface area contributed by atoms with Gasteiger partial charge in [-0.2, -0.15) is 11.4 Å². The number of hydrogen-bond acceptors (Lipinski definition) is 19. The summed E-state index contributed by atoms with van der Waals surface area (Å²) in [5, 5.41) is 30.0. The number of fused-ring (bicyclic) bond motifs is 7. The quantitative estimate of drug-likeness (QED) is 0.0362. The number of hydrogen-bond donors (Lipinski definition) is 10. The molecule has 29 nitrogen and oxygen atoms in total. The molecule has 0 spiro atoms. The maximum Gasteiger partial charge on any atom is 2.00 e. The summed E-state index contributed by atoms with van der Waals surface area (Å²) in [5.41, 5.74) is 36.8. The number of amides is 7. The zero-order valence-corrected chi connectivity index (χ0v) is 58.5. The number of phosphoric acid groups is 1. The van der Waals surface area contributed by atoms with Crippen LogP contribution in [0.2, 0.25) is 0 Å². The molecule has 15 unspecified atom stereocenters. The third-order valence-corrected chi connectivity index (χ3v) is 21.9. The fourth-order valence-electron chi connectivity index (χ4n) is 15.3. The molecule has 96 heavy (non-hydrogen) atoms. The summed E-state index contributed by atoms with van der Waals surface area (Å²) in [5.74, 6) is -7.84. The molecule has 8 rings (SSSR count). The van der Waals surface area contributed by atoms with E-state index < -0.39 is 149 Å². The minimum absolute atomic E-state index is 0. The molecule has 0 saturated carbocycles. The number of rotatable bonds is 26. The molecule has 1 radical (unpaired) electrons. The van der Waals surface area contributed by atoms with Crippen LogP contribution in [0.15, 0.2) is 67.8 Å². The number of nitrogens with one attached hydrogen (secondary N) is 1. The molecule has 6 aliphatic rings. The molecule has 2 aromatic rings. The Balaban J connectivity index is 0.00000234. The molecule has 8 bridgehead atoms. The van der Waals surface area contributed by atoms with Crippen LogP contribution in [-0.2, 0) is 78.2 Å². The number of aliphatic hydroxyl groups is 2. The molecule has 15 atom stereocenters. The van der Waals surface area contributed by atoms with Gasteiger partial charge < -0.3 is 74.2 Å². The van der Waals surface area contributed by atoms with Crippen molar-refractivity contribution in [2.75, 3.05) is 20.3 Å². The second-order valence-corrected chi connectivity index (χ2v) is 28.9. The number of carbonyl (C=O) groups is 8. The average Bonchev–Trinajstić information content (AvgIpc) is 1.53. The molecule has 7 heterocycles. The third kappa shape index (κ3) is 15.7. The predicted octanol–water partition coefficient (Wildman–Crippen LogP) is 3.94. The molecule has 0 aliphatic carbocycles. The number of aromatic nitrogens is 2. The van der Waals surface area contributed by atoms with Gasteiger partial charge in [-0.25, -0.2) is 9.55 Å². The Morgan fingerprint density at radius 3 is 1.94 bits per heavy atom. The van der Waals surface area contributed by atoms with Gasteiger partial charge in [0.1, 0.15) is 18.3 Å². The van der Waals surface area contributed by atoms with Crippen LogP contribution >= 0.6 is 7.82 Å². The number of esters is 1. The first-order valence-corrected chi connectivity index (χ1v) is 33.2. The molecule has 7 amide bonds. The second kappa shape index (κ2) is 29.9. The van der Waals surface area contributed by atoms with Crippen molar-refractivity contribution in [1.29, 1.82) is 0 Å². The zero-order valence-electron chi connectivity index (χ0n) is 56.6. The fraction of sp³-hybridized carbons (Fsp3) is 0.615. The number of aliphatic imine (C=N–C) groups is 3. The van der Waals surface area contributed by atoms with E-state index in [1.54, 1.807) is 11.5 Å². The van der Waals surface area contributed by atoms with E-state index in [4.69, 9.17) is 68.5 Å². The van der Waals surface area contributed by atoms with Gasteiger partial charge in [0.05, 0.1) is 54.5 Å². The van der Waals surface area contributed by atoms with Gasteiger partial charge in [-0.15, -0.1) is 0 Å². The number of nitrogens with zero attached hydrogens (tertiary/aromatic N) is 6. The number of imidazole rings is 1. The maximum absolute atomic E-state index is 14.4. The van der Waals surface area contributed by atoms with Gasteiger partial charge in [0.25, 0.3) is 0 Å². The molecule has 1 aromatic carbocycles. The Morgan fingerprint density at radius 1 is 0.812 bits per heavy atom. The number of methoxy groups -OCH3 is 1. The Hall–Kier alpha value is -7.15. The van der Waals surface area contributed by atoms with Gasteiger partial charge in [-0.3, -0.25) is 69.3 Å². The number of primary amides is 6. The van der Waals surface area contributed by atoms with Crippen LogP contribution < -0.4 is 39.7 Å². The first-order chi connectivity index (χ1) is 44.1. The molecule has 31 heteroatoms. The number of benzene rings is 1. The smallest absolute Gasteiger partial charge is 0.664 e. The number of phosphoric ester groups is 1. The van der Waals surface area contributed by atoms with Gasteiger partial charge in [0, 0.05) is 103 Å². The molecule has 16 N–H and O–H groups in total. The normalized spacial score (nSPS) is 30.4. The number of ether oxygens (including phenoxy) is 2. The summed E-state index contributed by atoms with van der Waals surface area (Å²) in [6.07, 6.45) is -4.47. The SMILES string of the molecule is CC1=C2[N-]C(=CC3=NC(=C(C)C4=NC(C)(C5N=C1C(C)(CCC(=O)NCC(C)OP(=O)(O)OC1C(CO)OC(n6cnc7cc(C)c(C)cc76)C1O)C5CC(N)=O)C(C)(CC(N)=O)C4CCC(N)=O)C(C)(CC(N)=O)C3CCC(N)=O)C(C)(C)C2CCC(N)=O.[CH2-]C(=O)OC.[Co+2]. The monoisotopic (exact) mass is 1400 g/mol. The van der Waals surface area contributed by atoms with Gasteiger partial charge in [-0.1, -0.05) is 40.7 Å². The summed E-state index contributed by atoms with van der Waals surface area (Å²) in [4.78, 5) is 135. The molecule has 1 aromatic heterocycles. The molecule has 529 valence electrons. The largest absolute Gasteiger partial charge is 2.00 e. The van der Waals surface area contributed by atoms with E-state index in [0.29, 0.717) is 56.4 Å². The van der Waals surface area contributed by atoms with Crippen LogP contribution in [-0.4, -0.2) is 145 Å². The second-order valence-electron chi connectivity index (χ2n) is 27.6. The molecule has 2 fully saturated rings. The minimum atomic E-state index is -5.07. The van der Waals surface area contributed by atoms with Crippen LogP contribution in [0.4, 0.5) is 0 Å². The number of carbonyl (C=O) groups excluding carboxylic acids is 8. The van der Waals surface area contributed by atoms with Gasteiger partial charge in [-0.05, 0) is 113 Å². The summed E-state index contributed by atoms with van der Waals surface area (Å²) in [6.45, 7) is 22.0. The van der Waals surface area contributed by atoms with E-state index in [1.165, 1.54) is 20.4 Å². The summed E-state index contributed by atoms with van der Waals surface area (Å²) >= 11 is 0. The van der Waals surface area contributed by atoms with E-state index in [1.807, 2.05) is 80.5 Å². The van der Waals surface area contributed by atoms with Crippen LogP contribution in [0.3, 0.4) is 0 Å². The number of aryl methyl sites for hydroxylation is 2. The Labute approximate surface area is 569 Å². The molecule has 6 aliphatic heterocycles. The Kier molecular flexibility index (Phi) is 24.3. The van der Waals surface area contributed by atoms with Crippen molar-refractivity contribution >= 4 is 83.3 Å². The Morgan fingerprint density at radius 2 is 1.39 bits per heavy atom. The van der Waals surface area contributed by atoms with E-state index in [9.17, 15) is 58.0 Å². The molecule has 2 saturated heterocycles. The summed E-state index contributed by atoms with van der Waals surface area (Å²) in [6, 6.07) is 2.68. The van der Waals surface area contributed by atoms with E-state index in [2.05, 4.69) is 22.0 Å².